The zero-order valence-corrected chi connectivity index (χ0v) is 16.2. The minimum absolute atomic E-state index is 0.263. The molecule has 2 N–H and O–H groups in total. The van der Waals surface area contributed by atoms with E-state index in [0.717, 1.165) is 5.75 Å². The van der Waals surface area contributed by atoms with Gasteiger partial charge in [0.2, 0.25) is 0 Å². The first kappa shape index (κ1) is 20.0. The molecule has 3 aromatic rings. The maximum absolute atomic E-state index is 12.5. The Morgan fingerprint density at radius 3 is 2.14 bits per heavy atom. The van der Waals surface area contributed by atoms with Crippen molar-refractivity contribution in [2.45, 2.75) is 13.8 Å². The molecule has 0 aliphatic heterocycles. The van der Waals surface area contributed by atoms with Crippen molar-refractivity contribution in [1.29, 1.82) is 0 Å². The maximum atomic E-state index is 12.5. The largest absolute Gasteiger partial charge is 0.490 e. The third kappa shape index (κ3) is 5.38. The molecule has 1 heterocycles. The van der Waals surface area contributed by atoms with Gasteiger partial charge in [0.15, 0.2) is 0 Å². The minimum atomic E-state index is -0.490. The molecule has 3 rings (SSSR count). The third-order valence-electron chi connectivity index (χ3n) is 4.06. The predicted octanol–water partition coefficient (Wildman–Crippen LogP) is 3.43. The van der Waals surface area contributed by atoms with Crippen LogP contribution in [0.25, 0.3) is 0 Å². The topological polar surface area (TPSA) is 89.8 Å². The van der Waals surface area contributed by atoms with Gasteiger partial charge in [0.1, 0.15) is 36.2 Å². The van der Waals surface area contributed by atoms with Crippen molar-refractivity contribution in [3.63, 3.8) is 0 Å². The summed E-state index contributed by atoms with van der Waals surface area (Å²) in [7, 11) is 0. The molecule has 0 radical (unpaired) electrons. The zero-order valence-electron chi connectivity index (χ0n) is 16.2. The van der Waals surface area contributed by atoms with Crippen molar-refractivity contribution in [2.24, 2.45) is 0 Å². The van der Waals surface area contributed by atoms with Crippen molar-refractivity contribution in [2.75, 3.05) is 13.2 Å². The van der Waals surface area contributed by atoms with Crippen LogP contribution in [-0.4, -0.2) is 25.0 Å². The molecule has 2 aromatic carbocycles. The number of hydrogen-bond acceptors (Lipinski definition) is 5. The van der Waals surface area contributed by atoms with E-state index in [9.17, 15) is 9.59 Å². The van der Waals surface area contributed by atoms with Crippen molar-refractivity contribution in [3.05, 3.63) is 83.3 Å². The number of furan rings is 1. The molecule has 0 fully saturated rings. The summed E-state index contributed by atoms with van der Waals surface area (Å²) in [5.41, 5.74) is 5.45. The second-order valence-electron chi connectivity index (χ2n) is 6.24. The molecule has 7 heteroatoms. The van der Waals surface area contributed by atoms with Gasteiger partial charge in [-0.3, -0.25) is 20.4 Å². The van der Waals surface area contributed by atoms with Crippen LogP contribution in [0, 0.1) is 13.8 Å². The minimum Gasteiger partial charge on any atom is -0.490 e. The number of carbonyl (C=O) groups is 2. The molecule has 7 nitrogen and oxygen atoms in total. The Kier molecular flexibility index (Phi) is 6.52. The molecule has 0 saturated heterocycles. The molecule has 0 aliphatic carbocycles. The number of carbonyl (C=O) groups excluding carboxylic acids is 2. The standard InChI is InChI=1S/C22H22N2O5/c1-15-14-19(16(2)29-15)22(26)24-23-21(25)18-10-6-7-11-20(18)28-13-12-27-17-8-4-3-5-9-17/h3-11,14H,12-13H2,1-2H3,(H,23,25)(H,24,26). The number of amides is 2. The first-order valence-corrected chi connectivity index (χ1v) is 9.12. The van der Waals surface area contributed by atoms with Crippen LogP contribution in [0.5, 0.6) is 11.5 Å². The summed E-state index contributed by atoms with van der Waals surface area (Å²) in [6.45, 7) is 4.02. The molecule has 29 heavy (non-hydrogen) atoms. The van der Waals surface area contributed by atoms with Crippen molar-refractivity contribution < 1.29 is 23.5 Å². The Morgan fingerprint density at radius 1 is 0.828 bits per heavy atom. The molecule has 0 atom stereocenters. The quantitative estimate of drug-likeness (QED) is 0.473. The number of nitrogens with one attached hydrogen (secondary N) is 2. The highest BCUT2D eigenvalue weighted by atomic mass is 16.5. The van der Waals surface area contributed by atoms with Crippen LogP contribution in [0.15, 0.2) is 65.1 Å². The van der Waals surface area contributed by atoms with Gasteiger partial charge >= 0.3 is 0 Å². The van der Waals surface area contributed by atoms with Crippen LogP contribution in [0.4, 0.5) is 0 Å². The lowest BCUT2D eigenvalue weighted by atomic mass is 10.2. The van der Waals surface area contributed by atoms with Gasteiger partial charge in [-0.15, -0.1) is 0 Å². The average Bonchev–Trinajstić information content (AvgIpc) is 3.08. The number of ether oxygens (including phenoxy) is 2. The van der Waals surface area contributed by atoms with E-state index in [1.165, 1.54) is 0 Å². The fraction of sp³-hybridized carbons (Fsp3) is 0.182. The summed E-state index contributed by atoms with van der Waals surface area (Å²) < 4.78 is 16.6. The number of aryl methyl sites for hydroxylation is 2. The van der Waals surface area contributed by atoms with E-state index in [-0.39, 0.29) is 6.61 Å². The molecule has 0 spiro atoms. The Labute approximate surface area is 168 Å². The van der Waals surface area contributed by atoms with Gasteiger partial charge < -0.3 is 13.9 Å². The Balaban J connectivity index is 1.54. The summed E-state index contributed by atoms with van der Waals surface area (Å²) in [6, 6.07) is 17.8. The highest BCUT2D eigenvalue weighted by Gasteiger charge is 2.16. The fourth-order valence-electron chi connectivity index (χ4n) is 2.71. The van der Waals surface area contributed by atoms with E-state index >= 15 is 0 Å². The second-order valence-corrected chi connectivity index (χ2v) is 6.24. The van der Waals surface area contributed by atoms with Gasteiger partial charge in [-0.25, -0.2) is 0 Å². The van der Waals surface area contributed by atoms with Gasteiger partial charge in [-0.2, -0.15) is 0 Å². The van der Waals surface area contributed by atoms with Gasteiger partial charge in [0, 0.05) is 0 Å². The highest BCUT2D eigenvalue weighted by molar-refractivity contribution is 6.00. The molecular formula is C22H22N2O5. The zero-order chi connectivity index (χ0) is 20.6. The first-order valence-electron chi connectivity index (χ1n) is 9.12. The molecular weight excluding hydrogens is 372 g/mol. The molecule has 0 saturated carbocycles. The lowest BCUT2D eigenvalue weighted by Crippen LogP contribution is -2.41. The van der Waals surface area contributed by atoms with Crippen LogP contribution >= 0.6 is 0 Å². The summed E-state index contributed by atoms with van der Waals surface area (Å²) in [5, 5.41) is 0. The smallest absolute Gasteiger partial charge is 0.273 e. The Bertz CT molecular complexity index is 982. The van der Waals surface area contributed by atoms with E-state index in [4.69, 9.17) is 13.9 Å². The van der Waals surface area contributed by atoms with Crippen LogP contribution in [-0.2, 0) is 0 Å². The fourth-order valence-corrected chi connectivity index (χ4v) is 2.71. The van der Waals surface area contributed by atoms with E-state index in [1.807, 2.05) is 30.3 Å². The van der Waals surface area contributed by atoms with Gasteiger partial charge in [0.05, 0.1) is 11.1 Å². The molecule has 0 aliphatic rings. The van der Waals surface area contributed by atoms with Crippen LogP contribution in [0.3, 0.4) is 0 Å². The normalized spacial score (nSPS) is 10.3. The van der Waals surface area contributed by atoms with E-state index in [1.54, 1.807) is 44.2 Å². The summed E-state index contributed by atoms with van der Waals surface area (Å²) in [5.74, 6) is 1.30. The lowest BCUT2D eigenvalue weighted by molar-refractivity contribution is 0.0843. The number of rotatable bonds is 7. The maximum Gasteiger partial charge on any atom is 0.273 e. The second kappa shape index (κ2) is 9.45. The van der Waals surface area contributed by atoms with E-state index < -0.39 is 11.8 Å². The van der Waals surface area contributed by atoms with E-state index in [0.29, 0.717) is 35.0 Å². The van der Waals surface area contributed by atoms with Crippen molar-refractivity contribution in [1.82, 2.24) is 10.9 Å². The predicted molar refractivity (Wildman–Crippen MR) is 107 cm³/mol. The monoisotopic (exact) mass is 394 g/mol. The lowest BCUT2D eigenvalue weighted by Gasteiger charge is -2.12. The number of hydrazine groups is 1. The molecule has 2 amide bonds. The van der Waals surface area contributed by atoms with Gasteiger partial charge in [-0.1, -0.05) is 30.3 Å². The summed E-state index contributed by atoms with van der Waals surface area (Å²) in [4.78, 5) is 24.7. The average molecular weight is 394 g/mol. The summed E-state index contributed by atoms with van der Waals surface area (Å²) in [6.07, 6.45) is 0. The third-order valence-corrected chi connectivity index (χ3v) is 4.06. The number of para-hydroxylation sites is 2. The molecule has 0 unspecified atom stereocenters. The van der Waals surface area contributed by atoms with Crippen LogP contribution in [0.1, 0.15) is 32.2 Å². The highest BCUT2D eigenvalue weighted by Crippen LogP contribution is 2.18. The molecule has 0 bridgehead atoms. The Hall–Kier alpha value is -3.74. The molecule has 1 aromatic heterocycles. The SMILES string of the molecule is Cc1cc(C(=O)NNC(=O)c2ccccc2OCCOc2ccccc2)c(C)o1. The number of hydrogen-bond donors (Lipinski definition) is 2. The van der Waals surface area contributed by atoms with Gasteiger partial charge in [0.25, 0.3) is 11.8 Å². The van der Waals surface area contributed by atoms with Crippen LogP contribution in [0.2, 0.25) is 0 Å². The van der Waals surface area contributed by atoms with Crippen molar-refractivity contribution >= 4 is 11.8 Å². The van der Waals surface area contributed by atoms with Crippen molar-refractivity contribution in [3.8, 4) is 11.5 Å². The number of benzene rings is 2. The summed E-state index contributed by atoms with van der Waals surface area (Å²) >= 11 is 0. The first-order chi connectivity index (χ1) is 14.0. The molecule has 150 valence electrons. The Morgan fingerprint density at radius 2 is 1.45 bits per heavy atom. The van der Waals surface area contributed by atoms with Gasteiger partial charge in [-0.05, 0) is 44.2 Å². The van der Waals surface area contributed by atoms with Crippen LogP contribution < -0.4 is 20.3 Å². The van der Waals surface area contributed by atoms with E-state index in [2.05, 4.69) is 10.9 Å².